The number of aryl methyl sites for hydroxylation is 1. The largest absolute Gasteiger partial charge is 0.322 e. The lowest BCUT2D eigenvalue weighted by atomic mass is 10.1. The van der Waals surface area contributed by atoms with Crippen molar-refractivity contribution < 1.29 is 4.79 Å². The van der Waals surface area contributed by atoms with Gasteiger partial charge in [-0.3, -0.25) is 4.79 Å². The molecule has 2 N–H and O–H groups in total. The van der Waals surface area contributed by atoms with Crippen LogP contribution in [0.3, 0.4) is 0 Å². The minimum atomic E-state index is -0.0680. The molecule has 2 saturated carbocycles. The Morgan fingerprint density at radius 1 is 1.17 bits per heavy atom. The normalized spacial score (nSPS) is 20.4. The smallest absolute Gasteiger partial charge is 0.255 e. The SMILES string of the molecule is Cc1nc(-c2cccc(NC(=O)c3cccc([C@@H]4C[C@H]4NCC4CC4)c3)c2)cs1. The van der Waals surface area contributed by atoms with Crippen LogP contribution in [0.1, 0.15) is 46.1 Å². The third-order valence-electron chi connectivity index (χ3n) is 5.77. The lowest BCUT2D eigenvalue weighted by Gasteiger charge is -2.09. The molecule has 0 saturated heterocycles. The molecule has 1 aromatic heterocycles. The highest BCUT2D eigenvalue weighted by atomic mass is 32.1. The van der Waals surface area contributed by atoms with Gasteiger partial charge in [0.1, 0.15) is 0 Å². The highest BCUT2D eigenvalue weighted by Gasteiger charge is 2.39. The Morgan fingerprint density at radius 2 is 2.03 bits per heavy atom. The summed E-state index contributed by atoms with van der Waals surface area (Å²) in [5, 5.41) is 9.80. The molecule has 2 aromatic carbocycles. The number of anilines is 1. The van der Waals surface area contributed by atoms with Gasteiger partial charge in [0.05, 0.1) is 10.7 Å². The van der Waals surface area contributed by atoms with Crippen molar-refractivity contribution in [2.45, 2.75) is 38.1 Å². The van der Waals surface area contributed by atoms with Gasteiger partial charge in [-0.25, -0.2) is 4.98 Å². The number of hydrogen-bond acceptors (Lipinski definition) is 4. The summed E-state index contributed by atoms with van der Waals surface area (Å²) in [5.41, 5.74) is 4.73. The van der Waals surface area contributed by atoms with Crippen LogP contribution in [-0.4, -0.2) is 23.5 Å². The van der Waals surface area contributed by atoms with Crippen LogP contribution in [0.5, 0.6) is 0 Å². The Hall–Kier alpha value is -2.50. The number of thiazole rings is 1. The number of carbonyl (C=O) groups is 1. The van der Waals surface area contributed by atoms with Crippen LogP contribution in [0.2, 0.25) is 0 Å². The molecule has 0 bridgehead atoms. The summed E-state index contributed by atoms with van der Waals surface area (Å²) in [6.07, 6.45) is 3.93. The Balaban J connectivity index is 1.25. The molecule has 0 spiro atoms. The van der Waals surface area contributed by atoms with Crippen LogP contribution in [-0.2, 0) is 0 Å². The van der Waals surface area contributed by atoms with Gasteiger partial charge in [0.2, 0.25) is 0 Å². The van der Waals surface area contributed by atoms with Crippen molar-refractivity contribution in [2.24, 2.45) is 5.92 Å². The summed E-state index contributed by atoms with van der Waals surface area (Å²) < 4.78 is 0. The van der Waals surface area contributed by atoms with E-state index in [4.69, 9.17) is 0 Å². The lowest BCUT2D eigenvalue weighted by molar-refractivity contribution is 0.102. The number of aromatic nitrogens is 1. The zero-order valence-electron chi connectivity index (χ0n) is 16.5. The quantitative estimate of drug-likeness (QED) is 0.568. The van der Waals surface area contributed by atoms with E-state index in [1.54, 1.807) is 11.3 Å². The molecule has 2 aliphatic rings. The van der Waals surface area contributed by atoms with Crippen LogP contribution < -0.4 is 10.6 Å². The van der Waals surface area contributed by atoms with Crippen molar-refractivity contribution in [2.75, 3.05) is 11.9 Å². The summed E-state index contributed by atoms with van der Waals surface area (Å²) in [5.74, 6) is 1.37. The Morgan fingerprint density at radius 3 is 2.83 bits per heavy atom. The third kappa shape index (κ3) is 4.41. The van der Waals surface area contributed by atoms with Gasteiger partial charge in [0, 0.05) is 34.2 Å². The first-order valence-corrected chi connectivity index (χ1v) is 11.2. The number of carbonyl (C=O) groups excluding carboxylic acids is 1. The zero-order chi connectivity index (χ0) is 19.8. The van der Waals surface area contributed by atoms with Gasteiger partial charge >= 0.3 is 0 Å². The first-order valence-electron chi connectivity index (χ1n) is 10.3. The van der Waals surface area contributed by atoms with Crippen LogP contribution in [0.4, 0.5) is 5.69 Å². The standard InChI is InChI=1S/C24H25N3OS/c1-15-26-23(14-29-15)18-5-3-7-20(11-18)27-24(28)19-6-2-4-17(10-19)21-12-22(21)25-13-16-8-9-16/h2-7,10-11,14,16,21-22,25H,8-9,12-13H2,1H3,(H,27,28)/t21-,22+/m0/s1. The molecule has 1 heterocycles. The average Bonchev–Trinajstić information content (AvgIpc) is 3.65. The van der Waals surface area contributed by atoms with Crippen molar-refractivity contribution in [3.8, 4) is 11.3 Å². The molecule has 3 aromatic rings. The Kier molecular flexibility index (Phi) is 4.94. The lowest BCUT2D eigenvalue weighted by Crippen LogP contribution is -2.20. The van der Waals surface area contributed by atoms with E-state index in [-0.39, 0.29) is 5.91 Å². The highest BCUT2D eigenvalue weighted by Crippen LogP contribution is 2.42. The van der Waals surface area contributed by atoms with Gasteiger partial charge in [0.15, 0.2) is 0 Å². The third-order valence-corrected chi connectivity index (χ3v) is 6.54. The average molecular weight is 404 g/mol. The van der Waals surface area contributed by atoms with E-state index in [0.717, 1.165) is 34.4 Å². The molecule has 1 amide bonds. The van der Waals surface area contributed by atoms with Crippen LogP contribution in [0, 0.1) is 12.8 Å². The van der Waals surface area contributed by atoms with E-state index in [1.165, 1.54) is 24.8 Å². The van der Waals surface area contributed by atoms with Gasteiger partial charge in [-0.05, 0) is 68.5 Å². The van der Waals surface area contributed by atoms with E-state index >= 15 is 0 Å². The maximum absolute atomic E-state index is 12.8. The topological polar surface area (TPSA) is 54.0 Å². The van der Waals surface area contributed by atoms with Crippen molar-refractivity contribution in [1.82, 2.24) is 10.3 Å². The molecular weight excluding hydrogens is 378 g/mol. The molecule has 2 fully saturated rings. The van der Waals surface area contributed by atoms with Crippen molar-refractivity contribution in [3.63, 3.8) is 0 Å². The Bertz CT molecular complexity index is 1040. The monoisotopic (exact) mass is 403 g/mol. The number of nitrogens with one attached hydrogen (secondary N) is 2. The first-order chi connectivity index (χ1) is 14.2. The predicted molar refractivity (Wildman–Crippen MR) is 119 cm³/mol. The summed E-state index contributed by atoms with van der Waals surface area (Å²) >= 11 is 1.63. The molecule has 2 aliphatic carbocycles. The molecule has 5 heteroatoms. The molecule has 4 nitrogen and oxygen atoms in total. The van der Waals surface area contributed by atoms with E-state index in [2.05, 4.69) is 21.7 Å². The second-order valence-corrected chi connectivity index (χ2v) is 9.27. The highest BCUT2D eigenvalue weighted by molar-refractivity contribution is 7.09. The molecule has 5 rings (SSSR count). The molecule has 0 aliphatic heterocycles. The summed E-state index contributed by atoms with van der Waals surface area (Å²) in [4.78, 5) is 17.4. The molecule has 2 atom stereocenters. The summed E-state index contributed by atoms with van der Waals surface area (Å²) in [7, 11) is 0. The second-order valence-electron chi connectivity index (χ2n) is 8.21. The molecule has 0 radical (unpaired) electrons. The summed E-state index contributed by atoms with van der Waals surface area (Å²) in [6, 6.07) is 16.5. The zero-order valence-corrected chi connectivity index (χ0v) is 17.3. The minimum Gasteiger partial charge on any atom is -0.322 e. The van der Waals surface area contributed by atoms with Gasteiger partial charge < -0.3 is 10.6 Å². The van der Waals surface area contributed by atoms with Crippen LogP contribution in [0.25, 0.3) is 11.3 Å². The fourth-order valence-electron chi connectivity index (χ4n) is 3.80. The maximum atomic E-state index is 12.8. The molecule has 0 unspecified atom stereocenters. The van der Waals surface area contributed by atoms with Crippen LogP contribution in [0.15, 0.2) is 53.9 Å². The number of nitrogens with zero attached hydrogens (tertiary/aromatic N) is 1. The van der Waals surface area contributed by atoms with Crippen LogP contribution >= 0.6 is 11.3 Å². The molecule has 29 heavy (non-hydrogen) atoms. The van der Waals surface area contributed by atoms with Gasteiger partial charge in [-0.1, -0.05) is 24.3 Å². The van der Waals surface area contributed by atoms with E-state index < -0.39 is 0 Å². The maximum Gasteiger partial charge on any atom is 0.255 e. The number of amides is 1. The number of benzene rings is 2. The minimum absolute atomic E-state index is 0.0680. The van der Waals surface area contributed by atoms with Gasteiger partial charge in [-0.2, -0.15) is 0 Å². The van der Waals surface area contributed by atoms with Crippen molar-refractivity contribution in [3.05, 3.63) is 70.0 Å². The van der Waals surface area contributed by atoms with Gasteiger partial charge in [0.25, 0.3) is 5.91 Å². The second kappa shape index (κ2) is 7.73. The molecule has 148 valence electrons. The fraction of sp³-hybridized carbons (Fsp3) is 0.333. The van der Waals surface area contributed by atoms with E-state index in [1.807, 2.05) is 54.8 Å². The van der Waals surface area contributed by atoms with Gasteiger partial charge in [-0.15, -0.1) is 11.3 Å². The number of rotatable bonds is 7. The van der Waals surface area contributed by atoms with Crippen molar-refractivity contribution >= 4 is 22.9 Å². The number of hydrogen-bond donors (Lipinski definition) is 2. The summed E-state index contributed by atoms with van der Waals surface area (Å²) in [6.45, 7) is 3.15. The van der Waals surface area contributed by atoms with E-state index in [0.29, 0.717) is 17.5 Å². The molecular formula is C24H25N3OS. The van der Waals surface area contributed by atoms with Crippen molar-refractivity contribution in [1.29, 1.82) is 0 Å². The Labute approximate surface area is 175 Å². The first kappa shape index (κ1) is 18.5. The fourth-order valence-corrected chi connectivity index (χ4v) is 4.42. The predicted octanol–water partition coefficient (Wildman–Crippen LogP) is 5.23. The van der Waals surface area contributed by atoms with E-state index in [9.17, 15) is 4.79 Å².